The summed E-state index contributed by atoms with van der Waals surface area (Å²) in [4.78, 5) is 13.8. The van der Waals surface area contributed by atoms with Crippen LogP contribution in [0.5, 0.6) is 0 Å². The third-order valence-corrected chi connectivity index (χ3v) is 2.52. The maximum Gasteiger partial charge on any atom is 0.239 e. The Labute approximate surface area is 106 Å². The summed E-state index contributed by atoms with van der Waals surface area (Å²) in [5, 5.41) is 0. The SMILES string of the molecule is CCCCN(CC)C(=O)[C@@H](N)CC(C)C.Cl. The maximum absolute atomic E-state index is 11.9. The largest absolute Gasteiger partial charge is 0.342 e. The summed E-state index contributed by atoms with van der Waals surface area (Å²) < 4.78 is 0. The van der Waals surface area contributed by atoms with Crippen LogP contribution in [0, 0.1) is 5.92 Å². The summed E-state index contributed by atoms with van der Waals surface area (Å²) in [5.74, 6) is 0.591. The molecular formula is C12H27ClN2O. The minimum Gasteiger partial charge on any atom is -0.342 e. The number of rotatable bonds is 7. The van der Waals surface area contributed by atoms with Gasteiger partial charge in [0.15, 0.2) is 0 Å². The average Bonchev–Trinajstić information content (AvgIpc) is 2.17. The second-order valence-electron chi connectivity index (χ2n) is 4.51. The number of carbonyl (C=O) groups is 1. The Morgan fingerprint density at radius 1 is 1.31 bits per heavy atom. The van der Waals surface area contributed by atoms with Crippen LogP contribution in [-0.2, 0) is 4.79 Å². The molecule has 0 spiro atoms. The van der Waals surface area contributed by atoms with Crippen molar-refractivity contribution < 1.29 is 4.79 Å². The summed E-state index contributed by atoms with van der Waals surface area (Å²) in [5.41, 5.74) is 5.88. The first kappa shape index (κ1) is 18.1. The van der Waals surface area contributed by atoms with Crippen LogP contribution in [0.4, 0.5) is 0 Å². The molecular weight excluding hydrogens is 224 g/mol. The van der Waals surface area contributed by atoms with E-state index < -0.39 is 0 Å². The molecule has 1 atom stereocenters. The molecule has 0 fully saturated rings. The topological polar surface area (TPSA) is 46.3 Å². The van der Waals surface area contributed by atoms with E-state index >= 15 is 0 Å². The van der Waals surface area contributed by atoms with Crippen molar-refractivity contribution in [2.24, 2.45) is 11.7 Å². The molecule has 0 heterocycles. The van der Waals surface area contributed by atoms with Gasteiger partial charge in [0.25, 0.3) is 0 Å². The van der Waals surface area contributed by atoms with Gasteiger partial charge in [-0.3, -0.25) is 4.79 Å². The molecule has 0 aliphatic carbocycles. The van der Waals surface area contributed by atoms with Crippen LogP contribution in [0.3, 0.4) is 0 Å². The second kappa shape index (κ2) is 9.91. The molecule has 0 aromatic rings. The van der Waals surface area contributed by atoms with Crippen molar-refractivity contribution >= 4 is 18.3 Å². The van der Waals surface area contributed by atoms with E-state index in [1.807, 2.05) is 11.8 Å². The second-order valence-corrected chi connectivity index (χ2v) is 4.51. The first-order valence-electron chi connectivity index (χ1n) is 6.07. The van der Waals surface area contributed by atoms with Gasteiger partial charge >= 0.3 is 0 Å². The molecule has 0 aliphatic rings. The average molecular weight is 251 g/mol. The number of nitrogens with zero attached hydrogens (tertiary/aromatic N) is 1. The zero-order valence-electron chi connectivity index (χ0n) is 11.0. The fourth-order valence-electron chi connectivity index (χ4n) is 1.62. The van der Waals surface area contributed by atoms with Gasteiger partial charge in [-0.15, -0.1) is 12.4 Å². The highest BCUT2D eigenvalue weighted by molar-refractivity contribution is 5.85. The van der Waals surface area contributed by atoms with Gasteiger partial charge in [0.1, 0.15) is 0 Å². The van der Waals surface area contributed by atoms with Gasteiger partial charge in [-0.2, -0.15) is 0 Å². The smallest absolute Gasteiger partial charge is 0.239 e. The van der Waals surface area contributed by atoms with Crippen LogP contribution >= 0.6 is 12.4 Å². The number of unbranched alkanes of at least 4 members (excludes halogenated alkanes) is 1. The van der Waals surface area contributed by atoms with E-state index in [2.05, 4.69) is 20.8 Å². The summed E-state index contributed by atoms with van der Waals surface area (Å²) in [6.07, 6.45) is 2.96. The number of hydrogen-bond donors (Lipinski definition) is 1. The number of hydrogen-bond acceptors (Lipinski definition) is 2. The predicted octanol–water partition coefficient (Wildman–Crippen LogP) is 2.43. The first-order chi connectivity index (χ1) is 7.02. The van der Waals surface area contributed by atoms with E-state index in [9.17, 15) is 4.79 Å². The minimum absolute atomic E-state index is 0. The Kier molecular flexibility index (Phi) is 11.2. The molecule has 1 amide bonds. The molecule has 0 aliphatic heterocycles. The van der Waals surface area contributed by atoms with Crippen LogP contribution in [0.2, 0.25) is 0 Å². The standard InChI is InChI=1S/C12H26N2O.ClH/c1-5-7-8-14(6-2)12(15)11(13)9-10(3)4;/h10-11H,5-9,13H2,1-4H3;1H/t11-;/m0./s1. The lowest BCUT2D eigenvalue weighted by Gasteiger charge is -2.25. The van der Waals surface area contributed by atoms with Crippen molar-refractivity contribution in [3.63, 3.8) is 0 Å². The quantitative estimate of drug-likeness (QED) is 0.755. The Morgan fingerprint density at radius 3 is 2.25 bits per heavy atom. The number of nitrogens with two attached hydrogens (primary N) is 1. The zero-order chi connectivity index (χ0) is 11.8. The molecule has 0 bridgehead atoms. The highest BCUT2D eigenvalue weighted by atomic mass is 35.5. The normalized spacial score (nSPS) is 12.1. The van der Waals surface area contributed by atoms with Crippen LogP contribution < -0.4 is 5.73 Å². The highest BCUT2D eigenvalue weighted by Crippen LogP contribution is 2.06. The van der Waals surface area contributed by atoms with Gasteiger partial charge in [0, 0.05) is 13.1 Å². The molecule has 0 aromatic heterocycles. The van der Waals surface area contributed by atoms with Crippen LogP contribution in [0.25, 0.3) is 0 Å². The number of halogens is 1. The van der Waals surface area contributed by atoms with E-state index in [0.717, 1.165) is 32.4 Å². The lowest BCUT2D eigenvalue weighted by Crippen LogP contribution is -2.44. The number of likely N-dealkylation sites (N-methyl/N-ethyl adjacent to an activating group) is 1. The van der Waals surface area contributed by atoms with Crippen molar-refractivity contribution in [1.82, 2.24) is 4.90 Å². The van der Waals surface area contributed by atoms with E-state index in [0.29, 0.717) is 5.92 Å². The van der Waals surface area contributed by atoms with E-state index in [4.69, 9.17) is 5.73 Å². The maximum atomic E-state index is 11.9. The molecule has 0 aromatic carbocycles. The molecule has 0 unspecified atom stereocenters. The van der Waals surface area contributed by atoms with Crippen molar-refractivity contribution in [3.8, 4) is 0 Å². The molecule has 98 valence electrons. The van der Waals surface area contributed by atoms with Crippen molar-refractivity contribution in [3.05, 3.63) is 0 Å². The molecule has 3 nitrogen and oxygen atoms in total. The van der Waals surface area contributed by atoms with E-state index in [-0.39, 0.29) is 24.4 Å². The Balaban J connectivity index is 0. The third-order valence-electron chi connectivity index (χ3n) is 2.52. The van der Waals surface area contributed by atoms with Crippen LogP contribution in [0.15, 0.2) is 0 Å². The Bertz CT molecular complexity index is 186. The van der Waals surface area contributed by atoms with Crippen molar-refractivity contribution in [2.75, 3.05) is 13.1 Å². The monoisotopic (exact) mass is 250 g/mol. The molecule has 0 saturated heterocycles. The zero-order valence-corrected chi connectivity index (χ0v) is 11.8. The fourth-order valence-corrected chi connectivity index (χ4v) is 1.62. The van der Waals surface area contributed by atoms with E-state index in [1.165, 1.54) is 0 Å². The van der Waals surface area contributed by atoms with Crippen molar-refractivity contribution in [1.29, 1.82) is 0 Å². The van der Waals surface area contributed by atoms with E-state index in [1.54, 1.807) is 0 Å². The van der Waals surface area contributed by atoms with Gasteiger partial charge < -0.3 is 10.6 Å². The highest BCUT2D eigenvalue weighted by Gasteiger charge is 2.19. The van der Waals surface area contributed by atoms with Gasteiger partial charge in [-0.05, 0) is 25.7 Å². The first-order valence-corrected chi connectivity index (χ1v) is 6.07. The van der Waals surface area contributed by atoms with Crippen molar-refractivity contribution in [2.45, 2.75) is 53.0 Å². The van der Waals surface area contributed by atoms with Gasteiger partial charge in [-0.25, -0.2) is 0 Å². The third kappa shape index (κ3) is 7.07. The number of amides is 1. The summed E-state index contributed by atoms with van der Waals surface area (Å²) in [7, 11) is 0. The molecule has 0 rings (SSSR count). The molecule has 0 saturated carbocycles. The lowest BCUT2D eigenvalue weighted by molar-refractivity contribution is -0.132. The summed E-state index contributed by atoms with van der Waals surface area (Å²) in [6.45, 7) is 9.94. The minimum atomic E-state index is -0.318. The molecule has 4 heteroatoms. The van der Waals surface area contributed by atoms with Crippen LogP contribution in [-0.4, -0.2) is 29.9 Å². The van der Waals surface area contributed by atoms with Crippen LogP contribution in [0.1, 0.15) is 47.0 Å². The molecule has 0 radical (unpaired) electrons. The Hall–Kier alpha value is -0.280. The fraction of sp³-hybridized carbons (Fsp3) is 0.917. The summed E-state index contributed by atoms with van der Waals surface area (Å²) in [6, 6.07) is -0.318. The Morgan fingerprint density at radius 2 is 1.88 bits per heavy atom. The number of carbonyl (C=O) groups excluding carboxylic acids is 1. The van der Waals surface area contributed by atoms with Gasteiger partial charge in [-0.1, -0.05) is 27.2 Å². The van der Waals surface area contributed by atoms with Gasteiger partial charge in [0.2, 0.25) is 5.91 Å². The predicted molar refractivity (Wildman–Crippen MR) is 71.8 cm³/mol. The lowest BCUT2D eigenvalue weighted by atomic mass is 10.0. The molecule has 2 N–H and O–H groups in total. The molecule has 16 heavy (non-hydrogen) atoms. The van der Waals surface area contributed by atoms with Gasteiger partial charge in [0.05, 0.1) is 6.04 Å². The summed E-state index contributed by atoms with van der Waals surface area (Å²) >= 11 is 0.